The van der Waals surface area contributed by atoms with Crippen LogP contribution in [0.2, 0.25) is 0 Å². The smallest absolute Gasteiger partial charge is 0.253 e. The molecule has 146 valence electrons. The van der Waals surface area contributed by atoms with Crippen LogP contribution in [0.25, 0.3) is 11.0 Å². The molecule has 5 heteroatoms. The number of hydrogen-bond donors (Lipinski definition) is 1. The zero-order valence-electron chi connectivity index (χ0n) is 16.9. The van der Waals surface area contributed by atoms with E-state index in [-0.39, 0.29) is 11.9 Å². The van der Waals surface area contributed by atoms with Gasteiger partial charge in [0, 0.05) is 23.8 Å². The Labute approximate surface area is 166 Å². The van der Waals surface area contributed by atoms with Crippen LogP contribution in [-0.2, 0) is 13.0 Å². The second-order valence-electron chi connectivity index (χ2n) is 8.03. The normalized spacial score (nSPS) is 18.1. The van der Waals surface area contributed by atoms with Gasteiger partial charge in [0.25, 0.3) is 5.91 Å². The molecule has 0 saturated heterocycles. The van der Waals surface area contributed by atoms with E-state index in [9.17, 15) is 4.79 Å². The molecule has 2 bridgehead atoms. The number of rotatable bonds is 1. The van der Waals surface area contributed by atoms with Crippen molar-refractivity contribution < 1.29 is 4.79 Å². The molecule has 1 N–H and O–H groups in total. The number of aryl methyl sites for hydroxylation is 2. The Balaban J connectivity index is 1.76. The number of fused-ring (bicyclic) bond motifs is 2. The summed E-state index contributed by atoms with van der Waals surface area (Å²) in [6.45, 7) is 7.43. The average molecular weight is 377 g/mol. The third-order valence-electron chi connectivity index (χ3n) is 5.61. The van der Waals surface area contributed by atoms with E-state index in [0.717, 1.165) is 49.3 Å². The van der Waals surface area contributed by atoms with E-state index in [2.05, 4.69) is 40.8 Å². The average Bonchev–Trinajstić information content (AvgIpc) is 3.05. The maximum absolute atomic E-state index is 12.9. The predicted molar refractivity (Wildman–Crippen MR) is 111 cm³/mol. The van der Waals surface area contributed by atoms with Gasteiger partial charge >= 0.3 is 0 Å². The van der Waals surface area contributed by atoms with Crippen molar-refractivity contribution in [2.75, 3.05) is 0 Å². The van der Waals surface area contributed by atoms with E-state index < -0.39 is 0 Å². The zero-order chi connectivity index (χ0) is 19.7. The van der Waals surface area contributed by atoms with Crippen molar-refractivity contribution in [1.29, 1.82) is 0 Å². The Morgan fingerprint density at radius 2 is 2.04 bits per heavy atom. The van der Waals surface area contributed by atoms with Gasteiger partial charge in [0.1, 0.15) is 5.65 Å². The van der Waals surface area contributed by atoms with Gasteiger partial charge in [0.05, 0.1) is 23.0 Å². The van der Waals surface area contributed by atoms with Crippen LogP contribution in [-0.4, -0.2) is 20.4 Å². The van der Waals surface area contributed by atoms with E-state index >= 15 is 0 Å². The number of nitrogens with one attached hydrogen (secondary N) is 1. The van der Waals surface area contributed by atoms with E-state index in [1.54, 1.807) is 6.20 Å². The van der Waals surface area contributed by atoms with Gasteiger partial charge in [-0.1, -0.05) is 20.3 Å². The Bertz CT molecular complexity index is 1010. The monoisotopic (exact) mass is 376 g/mol. The van der Waals surface area contributed by atoms with Crippen LogP contribution >= 0.6 is 0 Å². The molecule has 1 amide bonds. The first-order valence-corrected chi connectivity index (χ1v) is 10.3. The number of pyridine rings is 2. The topological polar surface area (TPSA) is 59.8 Å². The molecule has 0 radical (unpaired) electrons. The summed E-state index contributed by atoms with van der Waals surface area (Å²) in [5.41, 5.74) is 4.81. The van der Waals surface area contributed by atoms with Crippen LogP contribution in [0.4, 0.5) is 0 Å². The van der Waals surface area contributed by atoms with Crippen molar-refractivity contribution in [2.24, 2.45) is 0 Å². The number of nitrogens with zero attached hydrogens (tertiary/aromatic N) is 3. The zero-order valence-corrected chi connectivity index (χ0v) is 16.9. The standard InChI is InChI=1S/C23H28N4O/c1-15(2)21-14-17-10-11-19-16(3)25-23(28)18-8-7-12-24-20(18)9-5-4-6-13-27(21)22(17)26-19/h7-8,10-12,14-16H,4-6,9,13H2,1-3H3,(H,25,28). The van der Waals surface area contributed by atoms with E-state index in [4.69, 9.17) is 4.98 Å². The molecule has 3 aromatic rings. The van der Waals surface area contributed by atoms with Crippen molar-refractivity contribution in [3.8, 4) is 0 Å². The number of carbonyl (C=O) groups excluding carboxylic acids is 1. The van der Waals surface area contributed by atoms with Crippen LogP contribution in [0.15, 0.2) is 36.5 Å². The summed E-state index contributed by atoms with van der Waals surface area (Å²) in [5, 5.41) is 4.28. The SMILES string of the molecule is CC(C)c1cc2ccc3nc2n1CCCCCc1ncccc1C(=O)NC3C. The molecule has 0 saturated carbocycles. The van der Waals surface area contributed by atoms with Crippen molar-refractivity contribution >= 4 is 16.9 Å². The second-order valence-corrected chi connectivity index (χ2v) is 8.03. The molecule has 1 unspecified atom stereocenters. The van der Waals surface area contributed by atoms with Gasteiger partial charge in [-0.3, -0.25) is 9.78 Å². The van der Waals surface area contributed by atoms with Gasteiger partial charge < -0.3 is 9.88 Å². The lowest BCUT2D eigenvalue weighted by molar-refractivity contribution is 0.0937. The molecular formula is C23H28N4O. The predicted octanol–water partition coefficient (Wildman–Crippen LogP) is 4.77. The number of carbonyl (C=O) groups is 1. The molecule has 0 spiro atoms. The minimum Gasteiger partial charge on any atom is -0.344 e. The van der Waals surface area contributed by atoms with Gasteiger partial charge in [0.15, 0.2) is 0 Å². The van der Waals surface area contributed by atoms with Crippen LogP contribution in [0.5, 0.6) is 0 Å². The molecule has 5 nitrogen and oxygen atoms in total. The first-order chi connectivity index (χ1) is 13.5. The Morgan fingerprint density at radius 3 is 2.86 bits per heavy atom. The van der Waals surface area contributed by atoms with Crippen molar-refractivity contribution in [3.63, 3.8) is 0 Å². The Kier molecular flexibility index (Phi) is 5.16. The first-order valence-electron chi connectivity index (χ1n) is 10.3. The summed E-state index contributed by atoms with van der Waals surface area (Å²) >= 11 is 0. The summed E-state index contributed by atoms with van der Waals surface area (Å²) in [7, 11) is 0. The van der Waals surface area contributed by atoms with Gasteiger partial charge in [0.2, 0.25) is 0 Å². The highest BCUT2D eigenvalue weighted by atomic mass is 16.1. The largest absolute Gasteiger partial charge is 0.344 e. The summed E-state index contributed by atoms with van der Waals surface area (Å²) in [4.78, 5) is 22.3. The molecule has 1 aliphatic rings. The van der Waals surface area contributed by atoms with Crippen LogP contribution in [0.1, 0.15) is 79.4 Å². The first kappa shape index (κ1) is 18.7. The minimum absolute atomic E-state index is 0.0761. The maximum Gasteiger partial charge on any atom is 0.253 e. The van der Waals surface area contributed by atoms with E-state index in [1.165, 1.54) is 11.1 Å². The second kappa shape index (κ2) is 7.74. The van der Waals surface area contributed by atoms with Gasteiger partial charge in [-0.25, -0.2) is 4.98 Å². The van der Waals surface area contributed by atoms with Crippen LogP contribution in [0.3, 0.4) is 0 Å². The molecular weight excluding hydrogens is 348 g/mol. The van der Waals surface area contributed by atoms with Crippen LogP contribution in [0, 0.1) is 0 Å². The van der Waals surface area contributed by atoms with Gasteiger partial charge in [-0.2, -0.15) is 0 Å². The lowest BCUT2D eigenvalue weighted by atomic mass is 10.1. The lowest BCUT2D eigenvalue weighted by Crippen LogP contribution is -2.28. The van der Waals surface area contributed by atoms with Gasteiger partial charge in [-0.05, 0) is 62.4 Å². The fourth-order valence-electron chi connectivity index (χ4n) is 4.05. The molecule has 1 atom stereocenters. The summed E-state index contributed by atoms with van der Waals surface area (Å²) in [6, 6.07) is 9.95. The quantitative estimate of drug-likeness (QED) is 0.665. The van der Waals surface area contributed by atoms with Gasteiger partial charge in [-0.15, -0.1) is 0 Å². The van der Waals surface area contributed by atoms with Crippen molar-refractivity contribution in [3.05, 3.63) is 59.2 Å². The molecule has 4 rings (SSSR count). The van der Waals surface area contributed by atoms with Crippen molar-refractivity contribution in [2.45, 2.75) is 65.0 Å². The maximum atomic E-state index is 12.9. The van der Waals surface area contributed by atoms with Crippen LogP contribution < -0.4 is 5.32 Å². The fraction of sp³-hybridized carbons (Fsp3) is 0.435. The highest BCUT2D eigenvalue weighted by molar-refractivity contribution is 5.95. The third kappa shape index (κ3) is 3.53. The molecule has 0 aliphatic carbocycles. The van der Waals surface area contributed by atoms with Crippen molar-refractivity contribution in [1.82, 2.24) is 19.9 Å². The Hall–Kier alpha value is -2.69. The molecule has 28 heavy (non-hydrogen) atoms. The molecule has 4 heterocycles. The highest BCUT2D eigenvalue weighted by Crippen LogP contribution is 2.27. The summed E-state index contributed by atoms with van der Waals surface area (Å²) < 4.78 is 2.37. The van der Waals surface area contributed by atoms with E-state index in [1.807, 2.05) is 25.1 Å². The molecule has 1 aliphatic heterocycles. The molecule has 0 aromatic carbocycles. The molecule has 3 aromatic heterocycles. The Morgan fingerprint density at radius 1 is 1.18 bits per heavy atom. The fourth-order valence-corrected chi connectivity index (χ4v) is 4.05. The molecule has 0 fully saturated rings. The number of hydrogen-bond acceptors (Lipinski definition) is 3. The third-order valence-corrected chi connectivity index (χ3v) is 5.61. The highest BCUT2D eigenvalue weighted by Gasteiger charge is 2.19. The summed E-state index contributed by atoms with van der Waals surface area (Å²) in [5.74, 6) is 0.373. The number of amides is 1. The van der Waals surface area contributed by atoms with E-state index in [0.29, 0.717) is 11.5 Å². The minimum atomic E-state index is -0.168. The lowest BCUT2D eigenvalue weighted by Gasteiger charge is -2.17. The summed E-state index contributed by atoms with van der Waals surface area (Å²) in [6.07, 6.45) is 5.83. The number of aromatic nitrogens is 3.